The molecule has 0 saturated carbocycles. The van der Waals surface area contributed by atoms with Gasteiger partial charge in [0.15, 0.2) is 0 Å². The Bertz CT molecular complexity index is 1030. The molecular formula is C26H30ClN3O3. The lowest BCUT2D eigenvalue weighted by Crippen LogP contribution is -2.39. The number of aryl methyl sites for hydroxylation is 2. The predicted molar refractivity (Wildman–Crippen MR) is 128 cm³/mol. The zero-order chi connectivity index (χ0) is 23.8. The van der Waals surface area contributed by atoms with Gasteiger partial charge in [0.05, 0.1) is 17.7 Å². The molecule has 0 aromatic heterocycles. The minimum Gasteiger partial charge on any atom is -0.453 e. The van der Waals surface area contributed by atoms with Crippen molar-refractivity contribution in [3.8, 4) is 6.07 Å². The maximum absolute atomic E-state index is 12.5. The Morgan fingerprint density at radius 1 is 1.30 bits per heavy atom. The number of nitrogens with one attached hydrogen (secondary N) is 1. The molecule has 33 heavy (non-hydrogen) atoms. The largest absolute Gasteiger partial charge is 0.453 e. The molecule has 2 amide bonds. The highest BCUT2D eigenvalue weighted by atomic mass is 35.5. The van der Waals surface area contributed by atoms with Gasteiger partial charge in [0.2, 0.25) is 5.91 Å². The first-order valence-corrected chi connectivity index (χ1v) is 11.6. The van der Waals surface area contributed by atoms with Crippen molar-refractivity contribution >= 4 is 23.6 Å². The Morgan fingerprint density at radius 3 is 2.79 bits per heavy atom. The summed E-state index contributed by atoms with van der Waals surface area (Å²) in [6.07, 6.45) is 3.11. The van der Waals surface area contributed by atoms with Gasteiger partial charge < -0.3 is 15.0 Å². The average molecular weight is 468 g/mol. The van der Waals surface area contributed by atoms with Crippen LogP contribution in [0.15, 0.2) is 42.5 Å². The van der Waals surface area contributed by atoms with Crippen LogP contribution in [0.4, 0.5) is 4.79 Å². The molecule has 0 bridgehead atoms. The molecule has 3 rings (SSSR count). The van der Waals surface area contributed by atoms with Crippen molar-refractivity contribution in [1.29, 1.82) is 5.26 Å². The fourth-order valence-electron chi connectivity index (χ4n) is 4.51. The standard InChI is InChI=1S/C26H30ClN3O3/c1-18-5-3-4-6-20(18)14-21(9-7-19-8-10-22(15-28)24(27)13-19)23-11-12-30(17-23)25(31)16-29-26(32)33-2/h3-6,8,10,13,21,23H,7,9,11-12,14,16-17H2,1-2H3,(H,29,32). The van der Waals surface area contributed by atoms with Crippen LogP contribution in [0.25, 0.3) is 0 Å². The first-order chi connectivity index (χ1) is 15.9. The quantitative estimate of drug-likeness (QED) is 0.618. The van der Waals surface area contributed by atoms with E-state index in [2.05, 4.69) is 47.3 Å². The van der Waals surface area contributed by atoms with Crippen LogP contribution in [0, 0.1) is 30.1 Å². The third-order valence-corrected chi connectivity index (χ3v) is 6.83. The minimum absolute atomic E-state index is 0.0500. The van der Waals surface area contributed by atoms with Crippen LogP contribution < -0.4 is 5.32 Å². The van der Waals surface area contributed by atoms with Crippen molar-refractivity contribution in [3.05, 3.63) is 69.7 Å². The number of nitrogens with zero attached hydrogens (tertiary/aromatic N) is 2. The van der Waals surface area contributed by atoms with E-state index in [-0.39, 0.29) is 12.5 Å². The molecule has 2 aromatic rings. The van der Waals surface area contributed by atoms with E-state index in [9.17, 15) is 9.59 Å². The summed E-state index contributed by atoms with van der Waals surface area (Å²) in [5, 5.41) is 12.1. The minimum atomic E-state index is -0.599. The number of rotatable bonds is 8. The van der Waals surface area contributed by atoms with E-state index in [4.69, 9.17) is 16.9 Å². The van der Waals surface area contributed by atoms with Gasteiger partial charge in [-0.05, 0) is 73.3 Å². The molecule has 7 heteroatoms. The zero-order valence-corrected chi connectivity index (χ0v) is 19.9. The van der Waals surface area contributed by atoms with E-state index in [0.717, 1.165) is 31.2 Å². The molecule has 1 N–H and O–H groups in total. The third kappa shape index (κ3) is 6.72. The van der Waals surface area contributed by atoms with Crippen molar-refractivity contribution in [2.45, 2.75) is 32.6 Å². The fraction of sp³-hybridized carbons (Fsp3) is 0.423. The summed E-state index contributed by atoms with van der Waals surface area (Å²) in [7, 11) is 1.28. The van der Waals surface area contributed by atoms with Crippen LogP contribution in [0.3, 0.4) is 0 Å². The first kappa shape index (κ1) is 24.6. The number of hydrogen-bond donors (Lipinski definition) is 1. The summed E-state index contributed by atoms with van der Waals surface area (Å²) in [5.74, 6) is 0.684. The summed E-state index contributed by atoms with van der Waals surface area (Å²) in [6, 6.07) is 16.2. The average Bonchev–Trinajstić information content (AvgIpc) is 3.31. The molecule has 0 aliphatic carbocycles. The molecule has 0 spiro atoms. The van der Waals surface area contributed by atoms with Crippen molar-refractivity contribution in [3.63, 3.8) is 0 Å². The first-order valence-electron chi connectivity index (χ1n) is 11.2. The number of benzene rings is 2. The van der Waals surface area contributed by atoms with Crippen LogP contribution in [0.1, 0.15) is 35.1 Å². The van der Waals surface area contributed by atoms with Gasteiger partial charge in [-0.25, -0.2) is 4.79 Å². The van der Waals surface area contributed by atoms with E-state index in [1.54, 1.807) is 6.07 Å². The van der Waals surface area contributed by atoms with Crippen molar-refractivity contribution in [2.75, 3.05) is 26.7 Å². The number of methoxy groups -OCH3 is 1. The molecule has 1 aliphatic heterocycles. The molecule has 174 valence electrons. The van der Waals surface area contributed by atoms with Gasteiger partial charge in [0.25, 0.3) is 0 Å². The van der Waals surface area contributed by atoms with E-state index >= 15 is 0 Å². The second kappa shape index (κ2) is 11.7. The number of ether oxygens (including phenoxy) is 1. The highest BCUT2D eigenvalue weighted by molar-refractivity contribution is 6.31. The molecule has 2 aromatic carbocycles. The van der Waals surface area contributed by atoms with Crippen LogP contribution in [0.2, 0.25) is 5.02 Å². The van der Waals surface area contributed by atoms with Gasteiger partial charge in [-0.3, -0.25) is 4.79 Å². The van der Waals surface area contributed by atoms with Crippen LogP contribution >= 0.6 is 11.6 Å². The Kier molecular flexibility index (Phi) is 8.73. The van der Waals surface area contributed by atoms with Crippen molar-refractivity contribution in [2.24, 2.45) is 11.8 Å². The topological polar surface area (TPSA) is 82.4 Å². The predicted octanol–water partition coefficient (Wildman–Crippen LogP) is 4.52. The van der Waals surface area contributed by atoms with Gasteiger partial charge in [-0.15, -0.1) is 0 Å². The summed E-state index contributed by atoms with van der Waals surface area (Å²) in [5.41, 5.74) is 4.21. The monoisotopic (exact) mass is 467 g/mol. The Morgan fingerprint density at radius 2 is 2.09 bits per heavy atom. The third-order valence-electron chi connectivity index (χ3n) is 6.51. The SMILES string of the molecule is COC(=O)NCC(=O)N1CCC(C(CCc2ccc(C#N)c(Cl)c2)Cc2ccccc2C)C1. The number of carbonyl (C=O) groups excluding carboxylic acids is 2. The number of halogens is 1. The molecule has 1 aliphatic rings. The maximum Gasteiger partial charge on any atom is 0.407 e. The molecule has 1 saturated heterocycles. The molecule has 2 unspecified atom stereocenters. The van der Waals surface area contributed by atoms with Gasteiger partial charge in [-0.2, -0.15) is 5.26 Å². The van der Waals surface area contributed by atoms with E-state index in [1.165, 1.54) is 18.2 Å². The van der Waals surface area contributed by atoms with Crippen LogP contribution in [-0.4, -0.2) is 43.6 Å². The smallest absolute Gasteiger partial charge is 0.407 e. The van der Waals surface area contributed by atoms with E-state index < -0.39 is 6.09 Å². The van der Waals surface area contributed by atoms with Gasteiger partial charge in [0, 0.05) is 13.1 Å². The molecular weight excluding hydrogens is 438 g/mol. The highest BCUT2D eigenvalue weighted by Gasteiger charge is 2.32. The number of nitriles is 1. The highest BCUT2D eigenvalue weighted by Crippen LogP contribution is 2.32. The fourth-order valence-corrected chi connectivity index (χ4v) is 4.76. The second-order valence-corrected chi connectivity index (χ2v) is 9.00. The molecule has 2 atom stereocenters. The van der Waals surface area contributed by atoms with Crippen LogP contribution in [-0.2, 0) is 22.4 Å². The van der Waals surface area contributed by atoms with Crippen molar-refractivity contribution in [1.82, 2.24) is 10.2 Å². The normalized spacial score (nSPS) is 16.2. The van der Waals surface area contributed by atoms with E-state index in [0.29, 0.717) is 35.5 Å². The van der Waals surface area contributed by atoms with Gasteiger partial charge in [-0.1, -0.05) is 41.9 Å². The van der Waals surface area contributed by atoms with Crippen LogP contribution in [0.5, 0.6) is 0 Å². The summed E-state index contributed by atoms with van der Waals surface area (Å²) in [6.45, 7) is 3.47. The summed E-state index contributed by atoms with van der Waals surface area (Å²) < 4.78 is 4.55. The second-order valence-electron chi connectivity index (χ2n) is 8.59. The van der Waals surface area contributed by atoms with E-state index in [1.807, 2.05) is 17.0 Å². The Hall–Kier alpha value is -3.04. The molecule has 6 nitrogen and oxygen atoms in total. The Balaban J connectivity index is 1.69. The van der Waals surface area contributed by atoms with Gasteiger partial charge >= 0.3 is 6.09 Å². The lowest BCUT2D eigenvalue weighted by molar-refractivity contribution is -0.129. The lowest BCUT2D eigenvalue weighted by atomic mass is 9.81. The summed E-state index contributed by atoms with van der Waals surface area (Å²) >= 11 is 6.23. The number of carbonyl (C=O) groups is 2. The van der Waals surface area contributed by atoms with Gasteiger partial charge in [0.1, 0.15) is 12.6 Å². The Labute approximate surface area is 200 Å². The number of hydrogen-bond acceptors (Lipinski definition) is 4. The number of likely N-dealkylation sites (tertiary alicyclic amines) is 1. The van der Waals surface area contributed by atoms with Crippen molar-refractivity contribution < 1.29 is 14.3 Å². The summed E-state index contributed by atoms with van der Waals surface area (Å²) in [4.78, 5) is 25.7. The molecule has 1 fully saturated rings. The lowest BCUT2D eigenvalue weighted by Gasteiger charge is -2.25. The number of amides is 2. The zero-order valence-electron chi connectivity index (χ0n) is 19.1. The maximum atomic E-state index is 12.5. The molecule has 0 radical (unpaired) electrons. The number of alkyl carbamates (subject to hydrolysis) is 1. The molecule has 1 heterocycles.